The van der Waals surface area contributed by atoms with Gasteiger partial charge in [-0.25, -0.2) is 8.42 Å². The van der Waals surface area contributed by atoms with Gasteiger partial charge in [0.2, 0.25) is 0 Å². The van der Waals surface area contributed by atoms with E-state index >= 15 is 0 Å². The third-order valence-electron chi connectivity index (χ3n) is 2.00. The van der Waals surface area contributed by atoms with E-state index in [1.807, 2.05) is 0 Å². The molecule has 2 N–H and O–H groups in total. The first-order valence-electron chi connectivity index (χ1n) is 4.61. The summed E-state index contributed by atoms with van der Waals surface area (Å²) < 4.78 is 28.1. The van der Waals surface area contributed by atoms with Crippen LogP contribution >= 0.6 is 0 Å². The number of sulfone groups is 1. The molecule has 15 heavy (non-hydrogen) atoms. The molecule has 1 rings (SSSR count). The Morgan fingerprint density at radius 3 is 2.60 bits per heavy atom. The third kappa shape index (κ3) is 3.53. The summed E-state index contributed by atoms with van der Waals surface area (Å²) >= 11 is 0. The minimum atomic E-state index is -3.12. The average molecular weight is 229 g/mol. The first-order chi connectivity index (χ1) is 7.09. The predicted octanol–water partition coefficient (Wildman–Crippen LogP) is 0.569. The monoisotopic (exact) mass is 229 g/mol. The Morgan fingerprint density at radius 1 is 1.33 bits per heavy atom. The lowest BCUT2D eigenvalue weighted by Gasteiger charge is -2.08. The fourth-order valence-corrected chi connectivity index (χ4v) is 2.53. The van der Waals surface area contributed by atoms with Crippen LogP contribution in [-0.4, -0.2) is 27.8 Å². The van der Waals surface area contributed by atoms with Gasteiger partial charge in [-0.15, -0.1) is 0 Å². The Kier molecular flexibility index (Phi) is 4.11. The molecule has 0 fully saturated rings. The fraction of sp³-hybridized carbons (Fsp3) is 0.400. The molecule has 1 aromatic carbocycles. The molecule has 0 bridgehead atoms. The van der Waals surface area contributed by atoms with Crippen molar-refractivity contribution in [2.45, 2.75) is 5.75 Å². The largest absolute Gasteiger partial charge is 0.496 e. The maximum Gasteiger partial charge on any atom is 0.155 e. The Morgan fingerprint density at radius 2 is 2.00 bits per heavy atom. The minimum Gasteiger partial charge on any atom is -0.496 e. The van der Waals surface area contributed by atoms with E-state index in [2.05, 4.69) is 0 Å². The van der Waals surface area contributed by atoms with E-state index in [9.17, 15) is 8.42 Å². The molecule has 0 aliphatic heterocycles. The second kappa shape index (κ2) is 5.14. The molecule has 0 aliphatic rings. The molecule has 0 aromatic heterocycles. The van der Waals surface area contributed by atoms with Crippen molar-refractivity contribution in [2.24, 2.45) is 5.73 Å². The molecule has 0 saturated heterocycles. The molecule has 0 aliphatic carbocycles. The van der Waals surface area contributed by atoms with Crippen LogP contribution in [0.15, 0.2) is 24.3 Å². The van der Waals surface area contributed by atoms with E-state index in [4.69, 9.17) is 10.5 Å². The van der Waals surface area contributed by atoms with Crippen molar-refractivity contribution in [1.29, 1.82) is 0 Å². The third-order valence-corrected chi connectivity index (χ3v) is 3.61. The number of rotatable bonds is 5. The Hall–Kier alpha value is -1.07. The van der Waals surface area contributed by atoms with Gasteiger partial charge in [0, 0.05) is 12.1 Å². The molecule has 0 amide bonds. The second-order valence-corrected chi connectivity index (χ2v) is 5.38. The Labute approximate surface area is 90.0 Å². The molecule has 0 atom stereocenters. The highest BCUT2D eigenvalue weighted by Gasteiger charge is 2.13. The quantitative estimate of drug-likeness (QED) is 0.801. The van der Waals surface area contributed by atoms with Crippen LogP contribution < -0.4 is 10.5 Å². The first-order valence-corrected chi connectivity index (χ1v) is 6.43. The molecular weight excluding hydrogens is 214 g/mol. The van der Waals surface area contributed by atoms with E-state index in [0.717, 1.165) is 0 Å². The van der Waals surface area contributed by atoms with Gasteiger partial charge in [0.15, 0.2) is 9.84 Å². The van der Waals surface area contributed by atoms with Gasteiger partial charge in [0.05, 0.1) is 18.6 Å². The topological polar surface area (TPSA) is 69.4 Å². The SMILES string of the molecule is COc1ccccc1CS(=O)(=O)CCN. The van der Waals surface area contributed by atoms with Crippen molar-refractivity contribution < 1.29 is 13.2 Å². The number of para-hydroxylation sites is 1. The summed E-state index contributed by atoms with van der Waals surface area (Å²) in [6.07, 6.45) is 0. The molecule has 0 unspecified atom stereocenters. The van der Waals surface area contributed by atoms with Crippen molar-refractivity contribution in [2.75, 3.05) is 19.4 Å². The number of ether oxygens (including phenoxy) is 1. The normalized spacial score (nSPS) is 11.3. The Balaban J connectivity index is 2.89. The molecule has 4 nitrogen and oxygen atoms in total. The van der Waals surface area contributed by atoms with Gasteiger partial charge in [-0.3, -0.25) is 0 Å². The fourth-order valence-electron chi connectivity index (χ4n) is 1.31. The van der Waals surface area contributed by atoms with Crippen LogP contribution in [0.2, 0.25) is 0 Å². The van der Waals surface area contributed by atoms with E-state index in [0.29, 0.717) is 11.3 Å². The molecular formula is C10H15NO3S. The van der Waals surface area contributed by atoms with Gasteiger partial charge in [-0.2, -0.15) is 0 Å². The number of benzene rings is 1. The van der Waals surface area contributed by atoms with Crippen LogP contribution in [0, 0.1) is 0 Å². The summed E-state index contributed by atoms with van der Waals surface area (Å²) in [5.74, 6) is 0.581. The zero-order valence-electron chi connectivity index (χ0n) is 8.64. The summed E-state index contributed by atoms with van der Waals surface area (Å²) in [4.78, 5) is 0. The Bertz CT molecular complexity index is 414. The van der Waals surface area contributed by atoms with E-state index < -0.39 is 9.84 Å². The number of nitrogens with two attached hydrogens (primary N) is 1. The molecule has 0 saturated carbocycles. The van der Waals surface area contributed by atoms with Gasteiger partial charge >= 0.3 is 0 Å². The van der Waals surface area contributed by atoms with Crippen molar-refractivity contribution in [3.8, 4) is 5.75 Å². The van der Waals surface area contributed by atoms with Crippen molar-refractivity contribution in [3.05, 3.63) is 29.8 Å². The van der Waals surface area contributed by atoms with Crippen molar-refractivity contribution >= 4 is 9.84 Å². The lowest BCUT2D eigenvalue weighted by molar-refractivity contribution is 0.411. The highest BCUT2D eigenvalue weighted by molar-refractivity contribution is 7.90. The molecule has 5 heteroatoms. The van der Waals surface area contributed by atoms with Gasteiger partial charge in [0.1, 0.15) is 5.75 Å². The van der Waals surface area contributed by atoms with Crippen LogP contribution in [0.25, 0.3) is 0 Å². The van der Waals surface area contributed by atoms with Crippen LogP contribution in [0.4, 0.5) is 0 Å². The molecule has 1 aromatic rings. The van der Waals surface area contributed by atoms with Gasteiger partial charge < -0.3 is 10.5 Å². The summed E-state index contributed by atoms with van der Waals surface area (Å²) in [7, 11) is -1.60. The average Bonchev–Trinajstić information content (AvgIpc) is 2.17. The maximum atomic E-state index is 11.5. The number of methoxy groups -OCH3 is 1. The van der Waals surface area contributed by atoms with Crippen LogP contribution in [-0.2, 0) is 15.6 Å². The molecule has 0 spiro atoms. The van der Waals surface area contributed by atoms with Crippen molar-refractivity contribution in [3.63, 3.8) is 0 Å². The highest BCUT2D eigenvalue weighted by Crippen LogP contribution is 2.19. The van der Waals surface area contributed by atoms with Crippen LogP contribution in [0.3, 0.4) is 0 Å². The lowest BCUT2D eigenvalue weighted by Crippen LogP contribution is -2.17. The summed E-state index contributed by atoms with van der Waals surface area (Å²) in [5.41, 5.74) is 5.90. The van der Waals surface area contributed by atoms with Gasteiger partial charge in [-0.1, -0.05) is 18.2 Å². The molecule has 0 heterocycles. The standard InChI is InChI=1S/C10H15NO3S/c1-14-10-5-3-2-4-9(10)8-15(12,13)7-6-11/h2-5H,6-8,11H2,1H3. The van der Waals surface area contributed by atoms with E-state index in [1.54, 1.807) is 24.3 Å². The minimum absolute atomic E-state index is 0.00501. The van der Waals surface area contributed by atoms with Gasteiger partial charge in [0.25, 0.3) is 0 Å². The second-order valence-electron chi connectivity index (χ2n) is 3.19. The summed E-state index contributed by atoms with van der Waals surface area (Å²) in [6.45, 7) is 0.150. The van der Waals surface area contributed by atoms with Crippen molar-refractivity contribution in [1.82, 2.24) is 0 Å². The predicted molar refractivity (Wildman–Crippen MR) is 59.5 cm³/mol. The van der Waals surface area contributed by atoms with Crippen LogP contribution in [0.1, 0.15) is 5.56 Å². The number of hydrogen-bond acceptors (Lipinski definition) is 4. The molecule has 0 radical (unpaired) electrons. The zero-order valence-corrected chi connectivity index (χ0v) is 9.46. The summed E-state index contributed by atoms with van der Waals surface area (Å²) in [6, 6.07) is 7.08. The van der Waals surface area contributed by atoms with E-state index in [-0.39, 0.29) is 18.1 Å². The number of hydrogen-bond donors (Lipinski definition) is 1. The zero-order chi connectivity index (χ0) is 11.3. The summed E-state index contributed by atoms with van der Waals surface area (Å²) in [5, 5.41) is 0. The van der Waals surface area contributed by atoms with E-state index in [1.165, 1.54) is 7.11 Å². The lowest BCUT2D eigenvalue weighted by atomic mass is 10.2. The van der Waals surface area contributed by atoms with Gasteiger partial charge in [-0.05, 0) is 6.07 Å². The first kappa shape index (κ1) is 12.0. The smallest absolute Gasteiger partial charge is 0.155 e. The molecule has 84 valence electrons. The highest BCUT2D eigenvalue weighted by atomic mass is 32.2. The maximum absolute atomic E-state index is 11.5. The van der Waals surface area contributed by atoms with Crippen LogP contribution in [0.5, 0.6) is 5.75 Å².